The number of nitrogens with zero attached hydrogens (tertiary/aromatic N) is 2. The Bertz CT molecular complexity index is 706. The van der Waals surface area contributed by atoms with Crippen LogP contribution in [0.1, 0.15) is 18.4 Å². The number of rotatable bonds is 9. The van der Waals surface area contributed by atoms with Crippen LogP contribution in [0.4, 0.5) is 0 Å². The quantitative estimate of drug-likeness (QED) is 0.115. The molecule has 0 aliphatic heterocycles. The monoisotopic (exact) mass is 493 g/mol. The van der Waals surface area contributed by atoms with Crippen LogP contribution in [-0.4, -0.2) is 48.1 Å². The molecule has 0 saturated carbocycles. The molecule has 1 aromatic rings. The molecule has 26 heavy (non-hydrogen) atoms. The fourth-order valence-electron chi connectivity index (χ4n) is 2.05. The van der Waals surface area contributed by atoms with Gasteiger partial charge in [-0.15, -0.1) is 0 Å². The molecule has 0 bridgehead atoms. The molecule has 1 rings (SSSR count). The van der Waals surface area contributed by atoms with Crippen LogP contribution < -0.4 is 21.5 Å². The highest BCUT2D eigenvalue weighted by Crippen LogP contribution is 2.42. The van der Waals surface area contributed by atoms with Crippen molar-refractivity contribution < 1.29 is 19.8 Å². The number of guanidine groups is 1. The van der Waals surface area contributed by atoms with E-state index in [1.54, 1.807) is 6.07 Å². The Morgan fingerprint density at radius 2 is 2.04 bits per heavy atom. The summed E-state index contributed by atoms with van der Waals surface area (Å²) in [6.07, 6.45) is 1.29. The normalized spacial score (nSPS) is 11.1. The van der Waals surface area contributed by atoms with Gasteiger partial charge in [-0.2, -0.15) is 0 Å². The van der Waals surface area contributed by atoms with Crippen molar-refractivity contribution in [2.75, 3.05) is 20.2 Å². The number of amides is 1. The van der Waals surface area contributed by atoms with Crippen LogP contribution in [-0.2, 0) is 11.2 Å². The molecule has 0 fully saturated rings. The third-order valence-corrected chi connectivity index (χ3v) is 4.66. The van der Waals surface area contributed by atoms with Crippen LogP contribution in [0.2, 0.25) is 0 Å². The first-order valence-electron chi connectivity index (χ1n) is 7.60. The third-order valence-electron chi connectivity index (χ3n) is 3.34. The minimum absolute atomic E-state index is 0.0281. The number of ether oxygens (including phenoxy) is 1. The van der Waals surface area contributed by atoms with Crippen molar-refractivity contribution in [2.24, 2.45) is 21.6 Å². The lowest BCUT2D eigenvalue weighted by atomic mass is 10.1. The van der Waals surface area contributed by atoms with Crippen molar-refractivity contribution in [3.63, 3.8) is 0 Å². The summed E-state index contributed by atoms with van der Waals surface area (Å²) in [7, 11) is 1.46. The van der Waals surface area contributed by atoms with Gasteiger partial charge >= 0.3 is 0 Å². The van der Waals surface area contributed by atoms with Gasteiger partial charge in [0, 0.05) is 25.1 Å². The number of unbranched alkanes of at least 4 members (excludes halogenated alkanes) is 1. The number of aliphatic imine (C=N–C) groups is 1. The number of phenols is 1. The molecule has 1 aromatic carbocycles. The van der Waals surface area contributed by atoms with Gasteiger partial charge in [-0.25, -0.2) is 0 Å². The fourth-order valence-corrected chi connectivity index (χ4v) is 3.59. The van der Waals surface area contributed by atoms with E-state index in [4.69, 9.17) is 21.4 Å². The first-order chi connectivity index (χ1) is 12.3. The second-order valence-corrected chi connectivity index (χ2v) is 6.85. The minimum atomic E-state index is -0.531. The van der Waals surface area contributed by atoms with E-state index in [9.17, 15) is 9.90 Å². The Kier molecular flexibility index (Phi) is 9.21. The zero-order chi connectivity index (χ0) is 19.7. The molecule has 9 nitrogen and oxygen atoms in total. The van der Waals surface area contributed by atoms with Gasteiger partial charge in [0.25, 0.3) is 5.91 Å². The van der Waals surface area contributed by atoms with Crippen LogP contribution >= 0.6 is 31.9 Å². The van der Waals surface area contributed by atoms with E-state index in [2.05, 4.69) is 47.3 Å². The van der Waals surface area contributed by atoms with Crippen molar-refractivity contribution in [3.8, 4) is 11.5 Å². The molecule has 0 aliphatic carbocycles. The van der Waals surface area contributed by atoms with Gasteiger partial charge in [-0.1, -0.05) is 5.16 Å². The number of carbonyl (C=O) groups is 1. The fraction of sp³-hybridized carbons (Fsp3) is 0.400. The van der Waals surface area contributed by atoms with Gasteiger partial charge < -0.3 is 31.8 Å². The van der Waals surface area contributed by atoms with Gasteiger partial charge in [-0.3, -0.25) is 9.79 Å². The van der Waals surface area contributed by atoms with E-state index in [1.807, 2.05) is 0 Å². The summed E-state index contributed by atoms with van der Waals surface area (Å²) in [6.45, 7) is 0.848. The van der Waals surface area contributed by atoms with Crippen LogP contribution in [0.25, 0.3) is 0 Å². The van der Waals surface area contributed by atoms with Crippen LogP contribution in [0.15, 0.2) is 25.2 Å². The Labute approximate surface area is 167 Å². The summed E-state index contributed by atoms with van der Waals surface area (Å²) < 4.78 is 6.07. The number of hydrogen-bond donors (Lipinski definition) is 5. The zero-order valence-corrected chi connectivity index (χ0v) is 17.3. The number of carbonyl (C=O) groups excluding carboxylic acids is 1. The third kappa shape index (κ3) is 6.37. The zero-order valence-electron chi connectivity index (χ0n) is 14.1. The van der Waals surface area contributed by atoms with Gasteiger partial charge in [0.05, 0.1) is 11.6 Å². The molecule has 7 N–H and O–H groups in total. The molecule has 0 spiro atoms. The lowest BCUT2D eigenvalue weighted by molar-refractivity contribution is -0.115. The van der Waals surface area contributed by atoms with Crippen LogP contribution in [0.5, 0.6) is 11.5 Å². The number of halogens is 2. The number of benzene rings is 1. The molecule has 0 heterocycles. The maximum atomic E-state index is 12.1. The minimum Gasteiger partial charge on any atom is -0.506 e. The molecular formula is C15H21Br2N5O4. The Hall–Kier alpha value is -2.01. The second-order valence-electron chi connectivity index (χ2n) is 5.21. The topological polar surface area (TPSA) is 156 Å². The lowest BCUT2D eigenvalue weighted by Gasteiger charge is -2.13. The maximum absolute atomic E-state index is 12.1. The highest BCUT2D eigenvalue weighted by Gasteiger charge is 2.20. The average molecular weight is 495 g/mol. The van der Waals surface area contributed by atoms with Crippen molar-refractivity contribution >= 4 is 49.4 Å². The number of aromatic hydroxyl groups is 1. The summed E-state index contributed by atoms with van der Waals surface area (Å²) in [6, 6.07) is 1.59. The standard InChI is InChI=1S/C15H21Br2N5O4/c1-26-13-9(16)6-8(12(23)11(13)17)7-10(22-25)14(24)20-4-2-3-5-21-15(18)19/h6,23,25H,2-5,7H2,1H3,(H,20,24)(H4,18,19,21)/b22-10+. The highest BCUT2D eigenvalue weighted by molar-refractivity contribution is 9.11. The first kappa shape index (κ1) is 22.0. The van der Waals surface area contributed by atoms with E-state index in [-0.39, 0.29) is 23.8 Å². The highest BCUT2D eigenvalue weighted by atomic mass is 79.9. The first-order valence-corrected chi connectivity index (χ1v) is 9.18. The summed E-state index contributed by atoms with van der Waals surface area (Å²) in [5.74, 6) is -0.188. The second kappa shape index (κ2) is 10.9. The molecule has 0 unspecified atom stereocenters. The van der Waals surface area contributed by atoms with Crippen molar-refractivity contribution in [1.29, 1.82) is 0 Å². The van der Waals surface area contributed by atoms with E-state index >= 15 is 0 Å². The molecule has 0 radical (unpaired) electrons. The summed E-state index contributed by atoms with van der Waals surface area (Å²) in [4.78, 5) is 16.0. The molecule has 0 atom stereocenters. The van der Waals surface area contributed by atoms with Gasteiger partial charge in [-0.05, 0) is 50.8 Å². The number of nitrogens with two attached hydrogens (primary N) is 2. The SMILES string of the molecule is COc1c(Br)cc(C/C(=N\O)C(=O)NCCCCN=C(N)N)c(O)c1Br. The van der Waals surface area contributed by atoms with E-state index in [0.29, 0.717) is 46.2 Å². The summed E-state index contributed by atoms with van der Waals surface area (Å²) in [5, 5.41) is 25.1. The molecule has 0 aliphatic rings. The smallest absolute Gasteiger partial charge is 0.269 e. The van der Waals surface area contributed by atoms with E-state index < -0.39 is 5.91 Å². The predicted octanol–water partition coefficient (Wildman–Crippen LogP) is 1.47. The lowest BCUT2D eigenvalue weighted by Crippen LogP contribution is -2.33. The maximum Gasteiger partial charge on any atom is 0.269 e. The van der Waals surface area contributed by atoms with Gasteiger partial charge in [0.1, 0.15) is 15.9 Å². The average Bonchev–Trinajstić information content (AvgIpc) is 2.59. The number of methoxy groups -OCH3 is 1. The van der Waals surface area contributed by atoms with E-state index in [0.717, 1.165) is 0 Å². The molecule has 0 aromatic heterocycles. The molecule has 0 saturated heterocycles. The number of phenolic OH excluding ortho intramolecular Hbond substituents is 1. The van der Waals surface area contributed by atoms with Gasteiger partial charge in [0.2, 0.25) is 0 Å². The number of nitrogens with one attached hydrogen (secondary N) is 1. The van der Waals surface area contributed by atoms with Gasteiger partial charge in [0.15, 0.2) is 11.7 Å². The summed E-state index contributed by atoms with van der Waals surface area (Å²) in [5.41, 5.74) is 10.7. The predicted molar refractivity (Wildman–Crippen MR) is 106 cm³/mol. The molecule has 11 heteroatoms. The Balaban J connectivity index is 2.67. The number of oxime groups is 1. The van der Waals surface area contributed by atoms with Crippen LogP contribution in [0.3, 0.4) is 0 Å². The molecule has 144 valence electrons. The summed E-state index contributed by atoms with van der Waals surface area (Å²) >= 11 is 6.55. The van der Waals surface area contributed by atoms with Crippen molar-refractivity contribution in [1.82, 2.24) is 5.32 Å². The van der Waals surface area contributed by atoms with Crippen LogP contribution in [0, 0.1) is 0 Å². The molecular weight excluding hydrogens is 474 g/mol. The number of hydrogen-bond acceptors (Lipinski definition) is 6. The molecule has 1 amide bonds. The van der Waals surface area contributed by atoms with Crippen molar-refractivity contribution in [3.05, 3.63) is 20.6 Å². The van der Waals surface area contributed by atoms with E-state index in [1.165, 1.54) is 7.11 Å². The Morgan fingerprint density at radius 1 is 1.35 bits per heavy atom. The largest absolute Gasteiger partial charge is 0.506 e. The van der Waals surface area contributed by atoms with Crippen molar-refractivity contribution in [2.45, 2.75) is 19.3 Å². The Morgan fingerprint density at radius 3 is 2.62 bits per heavy atom.